The van der Waals surface area contributed by atoms with Gasteiger partial charge in [0.1, 0.15) is 0 Å². The van der Waals surface area contributed by atoms with Crippen molar-refractivity contribution in [3.8, 4) is 0 Å². The van der Waals surface area contributed by atoms with E-state index < -0.39 is 8.60 Å². The maximum Gasteiger partial charge on any atom is 0.324 e. The van der Waals surface area contributed by atoms with Crippen molar-refractivity contribution in [1.82, 2.24) is 16.0 Å². The molecule has 6 N–H and O–H groups in total. The fourth-order valence-corrected chi connectivity index (χ4v) is 0.968. The van der Waals surface area contributed by atoms with Gasteiger partial charge >= 0.3 is 8.60 Å². The van der Waals surface area contributed by atoms with Crippen molar-refractivity contribution in [2.75, 3.05) is 39.3 Å². The molecule has 10 heteroatoms. The van der Waals surface area contributed by atoms with E-state index in [0.717, 1.165) is 39.3 Å². The summed E-state index contributed by atoms with van der Waals surface area (Å²) in [6.45, 7) is 5.96. The maximum atomic E-state index is 7.23. The van der Waals surface area contributed by atoms with Crippen molar-refractivity contribution in [2.45, 2.75) is 0 Å². The van der Waals surface area contributed by atoms with Gasteiger partial charge in [-0.15, -0.1) is 0 Å². The molecule has 3 rings (SSSR count). The Kier molecular flexibility index (Phi) is 13.8. The molecule has 0 radical (unpaired) electrons. The summed E-state index contributed by atoms with van der Waals surface area (Å²) in [4.78, 5) is 33.2. The quantitative estimate of drug-likeness (QED) is 0.287. The lowest BCUT2D eigenvalue weighted by molar-refractivity contribution is 0.368. The summed E-state index contributed by atoms with van der Waals surface area (Å²) >= 11 is 0. The molecule has 3 aliphatic heterocycles. The molecule has 9 nitrogen and oxygen atoms in total. The Morgan fingerprint density at radius 2 is 0.947 bits per heavy atom. The second-order valence-electron chi connectivity index (χ2n) is 3.24. The van der Waals surface area contributed by atoms with Crippen LogP contribution in [0.2, 0.25) is 0 Å². The Balaban J connectivity index is 0.000000229. The highest BCUT2D eigenvalue weighted by molar-refractivity contribution is 7.38. The van der Waals surface area contributed by atoms with Gasteiger partial charge in [-0.05, 0) is 0 Å². The summed E-state index contributed by atoms with van der Waals surface area (Å²) in [5.74, 6) is 0. The summed E-state index contributed by atoms with van der Waals surface area (Å²) in [7, 11) is -2.62. The highest BCUT2D eigenvalue weighted by atomic mass is 31.2. The number of hydrogen-bond donors (Lipinski definition) is 6. The Labute approximate surface area is 113 Å². The van der Waals surface area contributed by atoms with E-state index in [-0.39, 0.29) is 0 Å². The molecule has 0 amide bonds. The largest absolute Gasteiger partial charge is 0.375 e. The average Bonchev–Trinajstić information content (AvgIpc) is 3.18. The van der Waals surface area contributed by atoms with Gasteiger partial charge < -0.3 is 30.6 Å². The van der Waals surface area contributed by atoms with Crippen LogP contribution in [0.1, 0.15) is 0 Å². The van der Waals surface area contributed by atoms with Crippen LogP contribution < -0.4 is 16.0 Å². The van der Waals surface area contributed by atoms with Gasteiger partial charge in [0.15, 0.2) is 0 Å². The van der Waals surface area contributed by atoms with E-state index in [1.807, 2.05) is 0 Å². The van der Waals surface area contributed by atoms with Crippen LogP contribution in [0.3, 0.4) is 0 Å². The predicted octanol–water partition coefficient (Wildman–Crippen LogP) is -1.96. The van der Waals surface area contributed by atoms with Gasteiger partial charge in [0.2, 0.25) is 0 Å². The number of nitrogens with zero attached hydrogens (tertiary/aromatic N) is 3. The summed E-state index contributed by atoms with van der Waals surface area (Å²) in [6, 6.07) is 0. The molecule has 0 bridgehead atoms. The van der Waals surface area contributed by atoms with Crippen LogP contribution in [-0.2, 0) is 0 Å². The zero-order valence-electron chi connectivity index (χ0n) is 10.6. The first-order valence-corrected chi connectivity index (χ1v) is 6.95. The third kappa shape index (κ3) is 19.2. The van der Waals surface area contributed by atoms with Crippen molar-refractivity contribution in [3.63, 3.8) is 0 Å². The lowest BCUT2D eigenvalue weighted by Crippen LogP contribution is -2.04. The minimum absolute atomic E-state index is 0.958. The highest BCUT2D eigenvalue weighted by Gasteiger charge is 1.83. The number of aliphatic imine (C=N–C) groups is 3. The molecule has 110 valence electrons. The van der Waals surface area contributed by atoms with Crippen LogP contribution in [0.4, 0.5) is 0 Å². The summed E-state index contributed by atoms with van der Waals surface area (Å²) in [5, 5.41) is 8.79. The molecular formula is C9H21N6O3P. The zero-order valence-corrected chi connectivity index (χ0v) is 11.5. The van der Waals surface area contributed by atoms with Crippen molar-refractivity contribution >= 4 is 27.6 Å². The average molecular weight is 292 g/mol. The molecule has 0 aliphatic carbocycles. The van der Waals surface area contributed by atoms with Gasteiger partial charge in [0.25, 0.3) is 0 Å². The lowest BCUT2D eigenvalue weighted by Gasteiger charge is -1.76. The Morgan fingerprint density at radius 1 is 0.684 bits per heavy atom. The fourth-order valence-electron chi connectivity index (χ4n) is 0.968. The Morgan fingerprint density at radius 3 is 1.00 bits per heavy atom. The van der Waals surface area contributed by atoms with Crippen molar-refractivity contribution in [2.24, 2.45) is 15.0 Å². The summed E-state index contributed by atoms with van der Waals surface area (Å²) in [5.41, 5.74) is 0. The van der Waals surface area contributed by atoms with E-state index in [2.05, 4.69) is 30.9 Å². The third-order valence-corrected chi connectivity index (χ3v) is 1.70. The van der Waals surface area contributed by atoms with Crippen LogP contribution in [-0.4, -0.2) is 73.0 Å². The molecular weight excluding hydrogens is 271 g/mol. The van der Waals surface area contributed by atoms with Gasteiger partial charge in [-0.1, -0.05) is 0 Å². The first kappa shape index (κ1) is 17.7. The van der Waals surface area contributed by atoms with Gasteiger partial charge in [0.05, 0.1) is 38.6 Å². The van der Waals surface area contributed by atoms with E-state index >= 15 is 0 Å². The zero-order chi connectivity index (χ0) is 14.2. The molecule has 0 aromatic carbocycles. The van der Waals surface area contributed by atoms with Crippen molar-refractivity contribution in [1.29, 1.82) is 0 Å². The minimum Gasteiger partial charge on any atom is -0.375 e. The third-order valence-electron chi connectivity index (χ3n) is 1.70. The van der Waals surface area contributed by atoms with Crippen LogP contribution in [0, 0.1) is 0 Å². The number of nitrogens with one attached hydrogen (secondary N) is 3. The molecule has 0 saturated heterocycles. The summed E-state index contributed by atoms with van der Waals surface area (Å²) in [6.07, 6.45) is 5.21. The van der Waals surface area contributed by atoms with E-state index in [9.17, 15) is 0 Å². The van der Waals surface area contributed by atoms with Crippen molar-refractivity contribution in [3.05, 3.63) is 0 Å². The molecule has 0 atom stereocenters. The molecule has 0 saturated carbocycles. The molecule has 19 heavy (non-hydrogen) atoms. The molecule has 0 fully saturated rings. The molecule has 0 aromatic heterocycles. The Hall–Kier alpha value is -1.28. The SMILES string of the molecule is C1=NCCN1.C1=NCCN1.C1=NCCN1.OP(O)O. The first-order valence-electron chi connectivity index (χ1n) is 5.75. The van der Waals surface area contributed by atoms with E-state index in [1.54, 1.807) is 19.0 Å². The second kappa shape index (κ2) is 14.8. The van der Waals surface area contributed by atoms with Gasteiger partial charge in [-0.25, -0.2) is 0 Å². The van der Waals surface area contributed by atoms with Crippen LogP contribution in [0.15, 0.2) is 15.0 Å². The van der Waals surface area contributed by atoms with Gasteiger partial charge in [-0.2, -0.15) is 0 Å². The first-order chi connectivity index (χ1) is 9.23. The number of hydrogen-bond acceptors (Lipinski definition) is 9. The minimum atomic E-state index is -2.62. The summed E-state index contributed by atoms with van der Waals surface area (Å²) < 4.78 is 0. The van der Waals surface area contributed by atoms with Crippen LogP contribution in [0.5, 0.6) is 0 Å². The van der Waals surface area contributed by atoms with Crippen molar-refractivity contribution < 1.29 is 14.7 Å². The molecule has 0 unspecified atom stereocenters. The molecule has 0 aromatic rings. The smallest absolute Gasteiger partial charge is 0.324 e. The normalized spacial score (nSPS) is 17.1. The van der Waals surface area contributed by atoms with Crippen LogP contribution >= 0.6 is 8.60 Å². The molecule has 0 spiro atoms. The molecule has 3 heterocycles. The lowest BCUT2D eigenvalue weighted by atomic mass is 10.7. The standard InChI is InChI=1S/3C3H6N2.H3O3P/c3*1-2-5-3-4-1;1-4(2)3/h3*3H,1-2H2,(H,4,5);1-3H. The highest BCUT2D eigenvalue weighted by Crippen LogP contribution is 2.11. The predicted molar refractivity (Wildman–Crippen MR) is 77.7 cm³/mol. The van der Waals surface area contributed by atoms with Crippen LogP contribution in [0.25, 0.3) is 0 Å². The second-order valence-corrected chi connectivity index (χ2v) is 3.77. The van der Waals surface area contributed by atoms with E-state index in [4.69, 9.17) is 14.7 Å². The van der Waals surface area contributed by atoms with Gasteiger partial charge in [-0.3, -0.25) is 15.0 Å². The van der Waals surface area contributed by atoms with E-state index in [1.165, 1.54) is 0 Å². The Bertz CT molecular complexity index is 216. The van der Waals surface area contributed by atoms with E-state index in [0.29, 0.717) is 0 Å². The topological polar surface area (TPSA) is 134 Å². The monoisotopic (exact) mass is 292 g/mol. The maximum absolute atomic E-state index is 7.23. The fraction of sp³-hybridized carbons (Fsp3) is 0.667. The molecule has 3 aliphatic rings. The van der Waals surface area contributed by atoms with Gasteiger partial charge in [0, 0.05) is 19.6 Å². The number of rotatable bonds is 0.